The van der Waals surface area contributed by atoms with Gasteiger partial charge in [0.15, 0.2) is 0 Å². The molecule has 0 aliphatic carbocycles. The number of aliphatic hydroxyl groups excluding tert-OH is 3. The molecular formula is C6H11O5. The van der Waals surface area contributed by atoms with Crippen LogP contribution in [0.15, 0.2) is 0 Å². The molecule has 0 saturated heterocycles. The summed E-state index contributed by atoms with van der Waals surface area (Å²) in [4.78, 5) is 10.0. The first-order valence-corrected chi connectivity index (χ1v) is 3.12. The molecule has 0 aliphatic rings. The van der Waals surface area contributed by atoms with E-state index in [0.29, 0.717) is 0 Å². The van der Waals surface area contributed by atoms with Crippen LogP contribution < -0.4 is 0 Å². The molecule has 0 rings (SSSR count). The van der Waals surface area contributed by atoms with Gasteiger partial charge in [-0.05, 0) is 0 Å². The van der Waals surface area contributed by atoms with Gasteiger partial charge in [0.1, 0.15) is 0 Å². The molecule has 0 atom stereocenters. The van der Waals surface area contributed by atoms with Crippen LogP contribution >= 0.6 is 0 Å². The van der Waals surface area contributed by atoms with Crippen molar-refractivity contribution in [3.8, 4) is 0 Å². The van der Waals surface area contributed by atoms with Gasteiger partial charge in [-0.2, -0.15) is 0 Å². The van der Waals surface area contributed by atoms with Crippen LogP contribution in [-0.4, -0.2) is 41.1 Å². The molecule has 0 aromatic rings. The van der Waals surface area contributed by atoms with E-state index in [1.807, 2.05) is 0 Å². The third kappa shape index (κ3) is 2.83. The summed E-state index contributed by atoms with van der Waals surface area (Å²) < 4.78 is 0. The van der Waals surface area contributed by atoms with Crippen molar-refractivity contribution in [1.82, 2.24) is 0 Å². The molecule has 3 N–H and O–H groups in total. The van der Waals surface area contributed by atoms with Crippen LogP contribution in [0.5, 0.6) is 0 Å². The van der Waals surface area contributed by atoms with Gasteiger partial charge in [0.25, 0.3) is 0 Å². The zero-order valence-corrected chi connectivity index (χ0v) is 5.99. The van der Waals surface area contributed by atoms with Gasteiger partial charge in [0.05, 0.1) is 31.7 Å². The van der Waals surface area contributed by atoms with E-state index >= 15 is 0 Å². The number of hydrogen-bond donors (Lipinski definition) is 3. The van der Waals surface area contributed by atoms with E-state index in [-0.39, 0.29) is 0 Å². The smallest absolute Gasteiger partial charge is 0.356 e. The first-order chi connectivity index (χ1) is 5.10. The van der Waals surface area contributed by atoms with E-state index in [1.165, 1.54) is 0 Å². The summed E-state index contributed by atoms with van der Waals surface area (Å²) in [6.07, 6.45) is -0.545. The highest BCUT2D eigenvalue weighted by Gasteiger charge is 2.31. The van der Waals surface area contributed by atoms with Gasteiger partial charge in [-0.1, -0.05) is 0 Å². The summed E-state index contributed by atoms with van der Waals surface area (Å²) in [5.74, 6) is -1.40. The highest BCUT2D eigenvalue weighted by molar-refractivity contribution is 5.67. The summed E-state index contributed by atoms with van der Waals surface area (Å²) in [6, 6.07) is 0. The Bertz CT molecular complexity index is 121. The normalized spacial score (nSPS) is 11.5. The quantitative estimate of drug-likeness (QED) is 0.449. The van der Waals surface area contributed by atoms with Gasteiger partial charge >= 0.3 is 5.97 Å². The highest BCUT2D eigenvalue weighted by atomic mass is 16.4. The fourth-order valence-electron chi connectivity index (χ4n) is 0.624. The average molecular weight is 163 g/mol. The number of carbonyl (C=O) groups is 1. The number of rotatable bonds is 5. The Labute approximate surface area is 63.9 Å². The van der Waals surface area contributed by atoms with Gasteiger partial charge in [0.2, 0.25) is 0 Å². The summed E-state index contributed by atoms with van der Waals surface area (Å²) in [5, 5.41) is 35.9. The lowest BCUT2D eigenvalue weighted by molar-refractivity contribution is -0.149. The van der Waals surface area contributed by atoms with Gasteiger partial charge < -0.3 is 15.3 Å². The van der Waals surface area contributed by atoms with E-state index in [2.05, 4.69) is 0 Å². The molecule has 5 heteroatoms. The number of carbonyl (C=O) groups excluding carboxylic acids is 1. The van der Waals surface area contributed by atoms with Crippen molar-refractivity contribution in [1.29, 1.82) is 0 Å². The molecule has 65 valence electrons. The Kier molecular flexibility index (Phi) is 4.02. The lowest BCUT2D eigenvalue weighted by atomic mass is 9.87. The Hall–Kier alpha value is -0.650. The third-order valence-electron chi connectivity index (χ3n) is 1.53. The summed E-state index contributed by atoms with van der Waals surface area (Å²) >= 11 is 0. The Morgan fingerprint density at radius 3 is 1.55 bits per heavy atom. The van der Waals surface area contributed by atoms with E-state index in [9.17, 15) is 9.90 Å². The standard InChI is InChI=1S/C6H11O5/c7-2-6(3-8,4-9)1-5(10)11/h7-9H,1-4H2. The zero-order valence-electron chi connectivity index (χ0n) is 5.99. The van der Waals surface area contributed by atoms with Crippen LogP contribution in [0.25, 0.3) is 0 Å². The van der Waals surface area contributed by atoms with Crippen molar-refractivity contribution in [2.24, 2.45) is 5.41 Å². The van der Waals surface area contributed by atoms with Gasteiger partial charge in [-0.15, -0.1) is 0 Å². The molecule has 0 bridgehead atoms. The molecule has 0 heterocycles. The summed E-state index contributed by atoms with van der Waals surface area (Å²) in [5.41, 5.74) is -1.35. The SMILES string of the molecule is [O]C(=O)CC(CO)(CO)CO. The molecule has 5 nitrogen and oxygen atoms in total. The van der Waals surface area contributed by atoms with Crippen LogP contribution in [0, 0.1) is 5.41 Å². The monoisotopic (exact) mass is 163 g/mol. The van der Waals surface area contributed by atoms with Crippen molar-refractivity contribution in [2.45, 2.75) is 6.42 Å². The topological polar surface area (TPSA) is 97.7 Å². The highest BCUT2D eigenvalue weighted by Crippen LogP contribution is 2.19. The van der Waals surface area contributed by atoms with Gasteiger partial charge in [0, 0.05) is 0 Å². The zero-order chi connectivity index (χ0) is 8.91. The molecule has 1 radical (unpaired) electrons. The molecule has 0 aliphatic heterocycles. The van der Waals surface area contributed by atoms with Crippen LogP contribution in [-0.2, 0) is 9.90 Å². The fraction of sp³-hybridized carbons (Fsp3) is 0.833. The van der Waals surface area contributed by atoms with Crippen molar-refractivity contribution in [3.05, 3.63) is 0 Å². The first-order valence-electron chi connectivity index (χ1n) is 3.12. The minimum atomic E-state index is -1.40. The third-order valence-corrected chi connectivity index (χ3v) is 1.53. The molecule has 0 aromatic heterocycles. The molecule has 0 amide bonds. The molecule has 0 fully saturated rings. The van der Waals surface area contributed by atoms with E-state index in [4.69, 9.17) is 15.3 Å². The minimum Gasteiger partial charge on any atom is -0.396 e. The van der Waals surface area contributed by atoms with Crippen molar-refractivity contribution in [2.75, 3.05) is 19.8 Å². The van der Waals surface area contributed by atoms with Crippen LogP contribution in [0.2, 0.25) is 0 Å². The van der Waals surface area contributed by atoms with E-state index in [1.54, 1.807) is 0 Å². The summed E-state index contributed by atoms with van der Waals surface area (Å²) in [7, 11) is 0. The second-order valence-corrected chi connectivity index (χ2v) is 2.52. The predicted octanol–water partition coefficient (Wildman–Crippen LogP) is -1.70. The van der Waals surface area contributed by atoms with Gasteiger partial charge in [-0.25, -0.2) is 9.90 Å². The lowest BCUT2D eigenvalue weighted by Crippen LogP contribution is -2.36. The Morgan fingerprint density at radius 2 is 1.45 bits per heavy atom. The average Bonchev–Trinajstić information content (AvgIpc) is 2.00. The summed E-state index contributed by atoms with van der Waals surface area (Å²) in [6.45, 7) is -1.73. The molecule has 0 aromatic carbocycles. The molecule has 11 heavy (non-hydrogen) atoms. The van der Waals surface area contributed by atoms with E-state index in [0.717, 1.165) is 0 Å². The van der Waals surface area contributed by atoms with Gasteiger partial charge in [-0.3, -0.25) is 0 Å². The second-order valence-electron chi connectivity index (χ2n) is 2.52. The molecular weight excluding hydrogens is 152 g/mol. The van der Waals surface area contributed by atoms with E-state index < -0.39 is 37.6 Å². The van der Waals surface area contributed by atoms with Crippen molar-refractivity contribution < 1.29 is 25.2 Å². The van der Waals surface area contributed by atoms with Crippen molar-refractivity contribution >= 4 is 5.97 Å². The second kappa shape index (κ2) is 4.27. The first kappa shape index (κ1) is 10.3. The van der Waals surface area contributed by atoms with Crippen molar-refractivity contribution in [3.63, 3.8) is 0 Å². The molecule has 0 unspecified atom stereocenters. The maximum atomic E-state index is 10.0. The van der Waals surface area contributed by atoms with Crippen LogP contribution in [0.1, 0.15) is 6.42 Å². The van der Waals surface area contributed by atoms with Crippen LogP contribution in [0.3, 0.4) is 0 Å². The minimum absolute atomic E-state index is 0.545. The number of aliphatic hydroxyl groups is 3. The molecule has 0 saturated carbocycles. The Balaban J connectivity index is 4.16. The molecule has 0 spiro atoms. The maximum absolute atomic E-state index is 10.0. The predicted molar refractivity (Wildman–Crippen MR) is 34.0 cm³/mol. The Morgan fingerprint density at radius 1 is 1.09 bits per heavy atom. The largest absolute Gasteiger partial charge is 0.396 e. The van der Waals surface area contributed by atoms with Crippen LogP contribution in [0.4, 0.5) is 0 Å². The maximum Gasteiger partial charge on any atom is 0.356 e. The fourth-order valence-corrected chi connectivity index (χ4v) is 0.624. The lowest BCUT2D eigenvalue weighted by Gasteiger charge is -2.24. The number of hydrogen-bond acceptors (Lipinski definition) is 4.